The number of amides is 1. The Morgan fingerprint density at radius 1 is 1.77 bits per heavy atom. The van der Waals surface area contributed by atoms with Crippen LogP contribution in [0.5, 0.6) is 0 Å². The van der Waals surface area contributed by atoms with Crippen LogP contribution in [0.2, 0.25) is 0 Å². The van der Waals surface area contributed by atoms with E-state index in [2.05, 4.69) is 10.3 Å². The first kappa shape index (κ1) is 7.78. The molecule has 6 heteroatoms. The number of nitrogens with one attached hydrogen (secondary N) is 1. The largest absolute Gasteiger partial charge is 0.480 e. The Labute approximate surface area is 73.2 Å². The van der Waals surface area contributed by atoms with E-state index < -0.39 is 18.0 Å². The summed E-state index contributed by atoms with van der Waals surface area (Å²) in [6.45, 7) is 0. The highest BCUT2D eigenvalue weighted by atomic mass is 16.4. The van der Waals surface area contributed by atoms with Gasteiger partial charge in [-0.25, -0.2) is 14.6 Å². The lowest BCUT2D eigenvalue weighted by Gasteiger charge is -2.20. The van der Waals surface area contributed by atoms with Gasteiger partial charge in [0.05, 0.1) is 0 Å². The minimum Gasteiger partial charge on any atom is -0.480 e. The van der Waals surface area contributed by atoms with Gasteiger partial charge in [-0.15, -0.1) is 0 Å². The molecule has 0 spiro atoms. The van der Waals surface area contributed by atoms with Gasteiger partial charge in [0.15, 0.2) is 0 Å². The molecule has 1 amide bonds. The Kier molecular flexibility index (Phi) is 1.54. The van der Waals surface area contributed by atoms with E-state index in [1.807, 2.05) is 0 Å². The Bertz CT molecular complexity index is 371. The summed E-state index contributed by atoms with van der Waals surface area (Å²) in [5.74, 6) is -1.03. The standard InChI is InChI=1S/C7H7N3O3/c11-6(12)5-1-4-2-8-3-10(4)7(13)9-5/h2-3,5H,1H2,(H,9,13)(H,11,12)/t5-/m1/s1. The van der Waals surface area contributed by atoms with Gasteiger partial charge in [-0.3, -0.25) is 4.57 Å². The molecule has 0 bridgehead atoms. The Balaban J connectivity index is 2.34. The molecule has 1 atom stereocenters. The first-order valence-electron chi connectivity index (χ1n) is 3.73. The molecule has 1 aromatic rings. The lowest BCUT2D eigenvalue weighted by atomic mass is 10.1. The quantitative estimate of drug-likeness (QED) is 0.608. The molecule has 0 saturated carbocycles. The summed E-state index contributed by atoms with van der Waals surface area (Å²) in [4.78, 5) is 25.6. The molecular formula is C7H7N3O3. The Morgan fingerprint density at radius 2 is 2.54 bits per heavy atom. The van der Waals surface area contributed by atoms with Crippen molar-refractivity contribution in [3.05, 3.63) is 18.2 Å². The summed E-state index contributed by atoms with van der Waals surface area (Å²) in [7, 11) is 0. The maximum atomic E-state index is 11.2. The van der Waals surface area contributed by atoms with Crippen molar-refractivity contribution in [1.82, 2.24) is 14.9 Å². The predicted molar refractivity (Wildman–Crippen MR) is 41.3 cm³/mol. The van der Waals surface area contributed by atoms with Crippen LogP contribution < -0.4 is 5.32 Å². The molecule has 0 aliphatic carbocycles. The summed E-state index contributed by atoms with van der Waals surface area (Å²) in [5.41, 5.74) is 0.621. The van der Waals surface area contributed by atoms with Gasteiger partial charge in [-0.2, -0.15) is 0 Å². The van der Waals surface area contributed by atoms with Crippen LogP contribution in [-0.2, 0) is 11.2 Å². The number of carbonyl (C=O) groups excluding carboxylic acids is 1. The van der Waals surface area contributed by atoms with E-state index in [0.717, 1.165) is 0 Å². The first-order valence-corrected chi connectivity index (χ1v) is 3.73. The molecule has 1 aliphatic heterocycles. The van der Waals surface area contributed by atoms with Gasteiger partial charge in [0.25, 0.3) is 0 Å². The third kappa shape index (κ3) is 1.16. The zero-order valence-electron chi connectivity index (χ0n) is 6.60. The van der Waals surface area contributed by atoms with Crippen LogP contribution in [0, 0.1) is 0 Å². The fourth-order valence-electron chi connectivity index (χ4n) is 1.28. The molecule has 1 aromatic heterocycles. The van der Waals surface area contributed by atoms with Crippen LogP contribution in [0.15, 0.2) is 12.5 Å². The molecule has 13 heavy (non-hydrogen) atoms. The van der Waals surface area contributed by atoms with Gasteiger partial charge in [0, 0.05) is 18.3 Å². The van der Waals surface area contributed by atoms with Gasteiger partial charge in [-0.1, -0.05) is 0 Å². The monoisotopic (exact) mass is 181 g/mol. The zero-order chi connectivity index (χ0) is 9.42. The number of rotatable bonds is 1. The summed E-state index contributed by atoms with van der Waals surface area (Å²) >= 11 is 0. The highest BCUT2D eigenvalue weighted by molar-refractivity contribution is 5.86. The Morgan fingerprint density at radius 3 is 3.23 bits per heavy atom. The minimum absolute atomic E-state index is 0.279. The second-order valence-corrected chi connectivity index (χ2v) is 2.80. The number of carbonyl (C=O) groups is 2. The number of aliphatic carboxylic acids is 1. The number of fused-ring (bicyclic) bond motifs is 1. The lowest BCUT2D eigenvalue weighted by molar-refractivity contribution is -0.139. The fourth-order valence-corrected chi connectivity index (χ4v) is 1.28. The van der Waals surface area contributed by atoms with E-state index in [-0.39, 0.29) is 6.42 Å². The molecule has 2 N–H and O–H groups in total. The number of carboxylic acids is 1. The lowest BCUT2D eigenvalue weighted by Crippen LogP contribution is -2.48. The number of carboxylic acid groups (broad SMARTS) is 1. The zero-order valence-corrected chi connectivity index (χ0v) is 6.60. The molecule has 1 aliphatic rings. The fraction of sp³-hybridized carbons (Fsp3) is 0.286. The number of nitrogens with zero attached hydrogens (tertiary/aromatic N) is 2. The molecule has 0 aromatic carbocycles. The predicted octanol–water partition coefficient (Wildman–Crippen LogP) is -0.550. The number of hydrogen-bond donors (Lipinski definition) is 2. The molecule has 0 unspecified atom stereocenters. The summed E-state index contributed by atoms with van der Waals surface area (Å²) in [6, 6.07) is -1.28. The van der Waals surface area contributed by atoms with E-state index >= 15 is 0 Å². The van der Waals surface area contributed by atoms with Crippen LogP contribution in [0.3, 0.4) is 0 Å². The third-order valence-corrected chi connectivity index (χ3v) is 1.94. The second kappa shape index (κ2) is 2.58. The smallest absolute Gasteiger partial charge is 0.327 e. The van der Waals surface area contributed by atoms with Crippen molar-refractivity contribution in [3.63, 3.8) is 0 Å². The summed E-state index contributed by atoms with van der Waals surface area (Å²) in [6.07, 6.45) is 3.14. The third-order valence-electron chi connectivity index (χ3n) is 1.94. The van der Waals surface area contributed by atoms with Crippen molar-refractivity contribution in [1.29, 1.82) is 0 Å². The van der Waals surface area contributed by atoms with Crippen molar-refractivity contribution in [2.75, 3.05) is 0 Å². The van der Waals surface area contributed by atoms with E-state index in [9.17, 15) is 9.59 Å². The number of aromatic nitrogens is 2. The highest BCUT2D eigenvalue weighted by Gasteiger charge is 2.28. The van der Waals surface area contributed by atoms with Crippen molar-refractivity contribution in [2.45, 2.75) is 12.5 Å². The topological polar surface area (TPSA) is 84.2 Å². The average molecular weight is 181 g/mol. The maximum absolute atomic E-state index is 11.2. The van der Waals surface area contributed by atoms with Crippen LogP contribution in [-0.4, -0.2) is 32.7 Å². The summed E-state index contributed by atoms with van der Waals surface area (Å²) in [5, 5.41) is 11.0. The van der Waals surface area contributed by atoms with E-state index in [1.54, 1.807) is 0 Å². The normalized spacial score (nSPS) is 20.6. The van der Waals surface area contributed by atoms with Gasteiger partial charge in [-0.05, 0) is 0 Å². The van der Waals surface area contributed by atoms with Crippen molar-refractivity contribution in [3.8, 4) is 0 Å². The van der Waals surface area contributed by atoms with Crippen LogP contribution in [0.1, 0.15) is 5.69 Å². The van der Waals surface area contributed by atoms with Crippen LogP contribution >= 0.6 is 0 Å². The molecule has 0 fully saturated rings. The average Bonchev–Trinajstić information content (AvgIpc) is 2.51. The van der Waals surface area contributed by atoms with Crippen LogP contribution in [0.4, 0.5) is 4.79 Å². The molecule has 2 heterocycles. The molecule has 0 saturated heterocycles. The van der Waals surface area contributed by atoms with Crippen molar-refractivity contribution >= 4 is 12.0 Å². The van der Waals surface area contributed by atoms with Gasteiger partial charge >= 0.3 is 12.0 Å². The molecular weight excluding hydrogens is 174 g/mol. The molecule has 2 rings (SSSR count). The molecule has 6 nitrogen and oxygen atoms in total. The van der Waals surface area contributed by atoms with E-state index in [4.69, 9.17) is 5.11 Å². The number of imidazole rings is 1. The molecule has 0 radical (unpaired) electrons. The van der Waals surface area contributed by atoms with Gasteiger partial charge in [0.1, 0.15) is 12.4 Å². The van der Waals surface area contributed by atoms with Crippen molar-refractivity contribution in [2.24, 2.45) is 0 Å². The molecule has 68 valence electrons. The van der Waals surface area contributed by atoms with Gasteiger partial charge < -0.3 is 10.4 Å². The van der Waals surface area contributed by atoms with Gasteiger partial charge in [0.2, 0.25) is 0 Å². The minimum atomic E-state index is -1.03. The maximum Gasteiger partial charge on any atom is 0.327 e. The SMILES string of the molecule is O=C(O)[C@H]1Cc2cncn2C(=O)N1. The summed E-state index contributed by atoms with van der Waals surface area (Å²) < 4.78 is 1.30. The van der Waals surface area contributed by atoms with Crippen molar-refractivity contribution < 1.29 is 14.7 Å². The highest BCUT2D eigenvalue weighted by Crippen LogP contribution is 2.08. The number of hydrogen-bond acceptors (Lipinski definition) is 3. The van der Waals surface area contributed by atoms with Crippen LogP contribution in [0.25, 0.3) is 0 Å². The Hall–Kier alpha value is -1.85. The first-order chi connectivity index (χ1) is 6.18. The second-order valence-electron chi connectivity index (χ2n) is 2.80. The van der Waals surface area contributed by atoms with E-state index in [0.29, 0.717) is 5.69 Å². The van der Waals surface area contributed by atoms with E-state index in [1.165, 1.54) is 17.1 Å².